The first-order chi connectivity index (χ1) is 15.1. The van der Waals surface area contributed by atoms with Crippen molar-refractivity contribution in [2.24, 2.45) is 17.3 Å². The second-order valence-corrected chi connectivity index (χ2v) is 10.2. The van der Waals surface area contributed by atoms with Gasteiger partial charge < -0.3 is 4.90 Å². The van der Waals surface area contributed by atoms with Gasteiger partial charge in [-0.2, -0.15) is 0 Å². The molecule has 2 aromatic rings. The molecule has 0 bridgehead atoms. The van der Waals surface area contributed by atoms with E-state index in [4.69, 9.17) is 0 Å². The lowest BCUT2D eigenvalue weighted by atomic mass is 9.79. The number of carbonyl (C=O) groups is 3. The standard InChI is InChI=1S/C27H28N2O3/c1-15-10-11-18(14-16(15)2)29-25(31)20-21(26(29)32)23(24(30)27(3,4)5)28-13-12-17-8-6-7-9-19(17)22(20)28/h6-14,20-23H,1-5H3/t20-,21+,22+,23+/m0/s1. The summed E-state index contributed by atoms with van der Waals surface area (Å²) in [4.78, 5) is 44.5. The summed E-state index contributed by atoms with van der Waals surface area (Å²) < 4.78 is 0. The number of carbonyl (C=O) groups excluding carboxylic acids is 3. The monoisotopic (exact) mass is 428 g/mol. The third-order valence-corrected chi connectivity index (χ3v) is 7.22. The van der Waals surface area contributed by atoms with Gasteiger partial charge in [-0.1, -0.05) is 51.1 Å². The molecule has 2 amide bonds. The highest BCUT2D eigenvalue weighted by molar-refractivity contribution is 6.24. The zero-order valence-electron chi connectivity index (χ0n) is 19.1. The molecule has 164 valence electrons. The van der Waals surface area contributed by atoms with Gasteiger partial charge in [0.05, 0.1) is 23.6 Å². The molecule has 4 atom stereocenters. The molecule has 0 N–H and O–H groups in total. The minimum Gasteiger partial charge on any atom is -0.359 e. The average molecular weight is 429 g/mol. The van der Waals surface area contributed by atoms with Crippen molar-refractivity contribution in [3.63, 3.8) is 0 Å². The maximum atomic E-state index is 13.8. The molecule has 2 fully saturated rings. The number of amides is 2. The van der Waals surface area contributed by atoms with Crippen molar-refractivity contribution in [1.29, 1.82) is 0 Å². The van der Waals surface area contributed by atoms with Gasteiger partial charge in [0.15, 0.2) is 5.78 Å². The Balaban J connectivity index is 1.67. The number of benzene rings is 2. The fourth-order valence-corrected chi connectivity index (χ4v) is 5.42. The molecule has 0 saturated carbocycles. The molecule has 2 saturated heterocycles. The van der Waals surface area contributed by atoms with Gasteiger partial charge in [0, 0.05) is 11.6 Å². The maximum Gasteiger partial charge on any atom is 0.240 e. The second-order valence-electron chi connectivity index (χ2n) is 10.2. The number of Topliss-reactive ketones (excluding diaryl/α,β-unsaturated/α-hetero) is 1. The summed E-state index contributed by atoms with van der Waals surface area (Å²) in [7, 11) is 0. The molecule has 2 aromatic carbocycles. The SMILES string of the molecule is Cc1ccc(N2C(=O)[C@@H]3[C@H](C2=O)[C@H]2c4ccccc4C=CN2[C@H]3C(=O)C(C)(C)C)cc1C. The summed E-state index contributed by atoms with van der Waals surface area (Å²) in [5.41, 5.74) is 4.11. The molecule has 5 nitrogen and oxygen atoms in total. The summed E-state index contributed by atoms with van der Waals surface area (Å²) in [6, 6.07) is 12.6. The van der Waals surface area contributed by atoms with Crippen molar-refractivity contribution in [2.45, 2.75) is 46.7 Å². The Hall–Kier alpha value is -3.21. The summed E-state index contributed by atoms with van der Waals surface area (Å²) in [6.45, 7) is 9.61. The first-order valence-electron chi connectivity index (χ1n) is 11.1. The van der Waals surface area contributed by atoms with Crippen LogP contribution in [-0.4, -0.2) is 28.5 Å². The van der Waals surface area contributed by atoms with Gasteiger partial charge in [-0.15, -0.1) is 0 Å². The third-order valence-electron chi connectivity index (χ3n) is 7.22. The molecule has 3 aliphatic heterocycles. The number of hydrogen-bond donors (Lipinski definition) is 0. The predicted molar refractivity (Wildman–Crippen MR) is 124 cm³/mol. The number of imide groups is 1. The fraction of sp³-hybridized carbons (Fsp3) is 0.370. The van der Waals surface area contributed by atoms with Gasteiger partial charge in [-0.25, -0.2) is 4.90 Å². The average Bonchev–Trinajstić information content (AvgIpc) is 3.22. The second kappa shape index (κ2) is 6.89. The third kappa shape index (κ3) is 2.80. The molecule has 3 heterocycles. The van der Waals surface area contributed by atoms with Crippen LogP contribution in [0.15, 0.2) is 48.7 Å². The van der Waals surface area contributed by atoms with E-state index in [1.807, 2.05) is 94.3 Å². The van der Waals surface area contributed by atoms with Gasteiger partial charge >= 0.3 is 0 Å². The Labute approximate surface area is 188 Å². The Morgan fingerprint density at radius 2 is 1.59 bits per heavy atom. The first-order valence-corrected chi connectivity index (χ1v) is 11.1. The zero-order valence-corrected chi connectivity index (χ0v) is 19.1. The Kier molecular flexibility index (Phi) is 4.45. The van der Waals surface area contributed by atoms with E-state index in [-0.39, 0.29) is 23.6 Å². The van der Waals surface area contributed by atoms with Gasteiger partial charge in [0.1, 0.15) is 6.04 Å². The minimum atomic E-state index is -0.698. The maximum absolute atomic E-state index is 13.8. The van der Waals surface area contributed by atoms with Crippen molar-refractivity contribution < 1.29 is 14.4 Å². The highest BCUT2D eigenvalue weighted by atomic mass is 16.2. The van der Waals surface area contributed by atoms with E-state index in [2.05, 4.69) is 0 Å². The van der Waals surface area contributed by atoms with Crippen LogP contribution in [0.4, 0.5) is 5.69 Å². The van der Waals surface area contributed by atoms with E-state index < -0.39 is 23.3 Å². The van der Waals surface area contributed by atoms with Crippen molar-refractivity contribution in [3.8, 4) is 0 Å². The van der Waals surface area contributed by atoms with E-state index >= 15 is 0 Å². The van der Waals surface area contributed by atoms with E-state index in [0.29, 0.717) is 5.69 Å². The van der Waals surface area contributed by atoms with Crippen LogP contribution in [0.1, 0.15) is 49.1 Å². The summed E-state index contributed by atoms with van der Waals surface area (Å²) in [6.07, 6.45) is 3.88. The lowest BCUT2D eigenvalue weighted by molar-refractivity contribution is -0.135. The number of nitrogens with zero attached hydrogens (tertiary/aromatic N) is 2. The summed E-state index contributed by atoms with van der Waals surface area (Å²) in [5.74, 6) is -1.79. The van der Waals surface area contributed by atoms with Crippen LogP contribution in [0.5, 0.6) is 0 Å². The number of hydrogen-bond acceptors (Lipinski definition) is 4. The molecule has 32 heavy (non-hydrogen) atoms. The minimum absolute atomic E-state index is 0.0119. The number of fused-ring (bicyclic) bond motifs is 5. The van der Waals surface area contributed by atoms with Gasteiger partial charge in [-0.3, -0.25) is 14.4 Å². The molecule has 0 spiro atoms. The van der Waals surface area contributed by atoms with Crippen LogP contribution in [0.25, 0.3) is 6.08 Å². The molecule has 0 aliphatic carbocycles. The lowest BCUT2D eigenvalue weighted by Gasteiger charge is -2.37. The van der Waals surface area contributed by atoms with E-state index in [1.165, 1.54) is 4.90 Å². The van der Waals surface area contributed by atoms with E-state index in [0.717, 1.165) is 22.3 Å². The van der Waals surface area contributed by atoms with E-state index in [1.54, 1.807) is 0 Å². The van der Waals surface area contributed by atoms with Crippen LogP contribution in [-0.2, 0) is 14.4 Å². The largest absolute Gasteiger partial charge is 0.359 e. The van der Waals surface area contributed by atoms with Crippen LogP contribution in [0, 0.1) is 31.1 Å². The molecular formula is C27H28N2O3. The summed E-state index contributed by atoms with van der Waals surface area (Å²) >= 11 is 0. The fourth-order valence-electron chi connectivity index (χ4n) is 5.42. The number of rotatable bonds is 2. The Morgan fingerprint density at radius 1 is 0.906 bits per heavy atom. The smallest absolute Gasteiger partial charge is 0.240 e. The van der Waals surface area contributed by atoms with Gasteiger partial charge in [0.2, 0.25) is 11.8 Å². The number of anilines is 1. The highest BCUT2D eigenvalue weighted by Crippen LogP contribution is 2.54. The van der Waals surface area contributed by atoms with Gasteiger partial charge in [-0.05, 0) is 54.3 Å². The summed E-state index contributed by atoms with van der Waals surface area (Å²) in [5, 5.41) is 0. The molecule has 0 aromatic heterocycles. The predicted octanol–water partition coefficient (Wildman–Crippen LogP) is 4.43. The van der Waals surface area contributed by atoms with Crippen molar-refractivity contribution in [3.05, 3.63) is 70.9 Å². The highest BCUT2D eigenvalue weighted by Gasteiger charge is 2.65. The quantitative estimate of drug-likeness (QED) is 0.664. The van der Waals surface area contributed by atoms with Crippen LogP contribution < -0.4 is 4.90 Å². The van der Waals surface area contributed by atoms with Crippen molar-refractivity contribution >= 4 is 29.4 Å². The van der Waals surface area contributed by atoms with Crippen LogP contribution in [0.3, 0.4) is 0 Å². The Bertz CT molecular complexity index is 1190. The molecule has 0 radical (unpaired) electrons. The van der Waals surface area contributed by atoms with Crippen molar-refractivity contribution in [1.82, 2.24) is 4.90 Å². The first kappa shape index (κ1) is 20.7. The molecule has 5 rings (SSSR count). The number of aryl methyl sites for hydroxylation is 2. The Morgan fingerprint density at radius 3 is 2.28 bits per heavy atom. The molecule has 5 heteroatoms. The number of ketones is 1. The van der Waals surface area contributed by atoms with Crippen LogP contribution in [0.2, 0.25) is 0 Å². The molecular weight excluding hydrogens is 400 g/mol. The topological polar surface area (TPSA) is 57.7 Å². The van der Waals surface area contributed by atoms with Gasteiger partial charge in [0.25, 0.3) is 0 Å². The van der Waals surface area contributed by atoms with Crippen LogP contribution >= 0.6 is 0 Å². The lowest BCUT2D eigenvalue weighted by Crippen LogP contribution is -2.47. The van der Waals surface area contributed by atoms with Crippen molar-refractivity contribution in [2.75, 3.05) is 4.90 Å². The van der Waals surface area contributed by atoms with E-state index in [9.17, 15) is 14.4 Å². The molecule has 3 aliphatic rings. The molecule has 0 unspecified atom stereocenters. The normalized spacial score (nSPS) is 26.3. The zero-order chi connectivity index (χ0) is 22.9.